The van der Waals surface area contributed by atoms with Gasteiger partial charge in [-0.15, -0.1) is 0 Å². The van der Waals surface area contributed by atoms with Crippen LogP contribution in [-0.2, 0) is 0 Å². The Morgan fingerprint density at radius 3 is 2.57 bits per heavy atom. The van der Waals surface area contributed by atoms with E-state index in [4.69, 9.17) is 21.6 Å². The van der Waals surface area contributed by atoms with Crippen LogP contribution < -0.4 is 4.74 Å². The van der Waals surface area contributed by atoms with E-state index in [1.165, 1.54) is 0 Å². The number of ether oxygens (including phenoxy) is 1. The van der Waals surface area contributed by atoms with E-state index in [1.807, 2.05) is 44.2 Å². The van der Waals surface area contributed by atoms with Crippen molar-refractivity contribution in [2.45, 2.75) is 13.8 Å². The van der Waals surface area contributed by atoms with Gasteiger partial charge in [-0.1, -0.05) is 23.7 Å². The van der Waals surface area contributed by atoms with Gasteiger partial charge in [0.2, 0.25) is 0 Å². The lowest BCUT2D eigenvalue weighted by molar-refractivity contribution is 0.412. The molecule has 28 heavy (non-hydrogen) atoms. The number of methoxy groups -OCH3 is 1. The number of allylic oxidation sites excluding steroid dienone is 1. The molecule has 138 valence electrons. The zero-order valence-corrected chi connectivity index (χ0v) is 16.6. The molecule has 0 spiro atoms. The number of hydrogen-bond donors (Lipinski definition) is 0. The van der Waals surface area contributed by atoms with Crippen LogP contribution in [0.15, 0.2) is 48.5 Å². The van der Waals surface area contributed by atoms with E-state index in [0.717, 1.165) is 22.6 Å². The molecular weight excluding hydrogens is 370 g/mol. The van der Waals surface area contributed by atoms with E-state index in [9.17, 15) is 5.26 Å². The Bertz CT molecular complexity index is 1160. The fourth-order valence-electron chi connectivity index (χ4n) is 3.23. The first kappa shape index (κ1) is 19.3. The minimum Gasteiger partial charge on any atom is -0.495 e. The van der Waals surface area contributed by atoms with Gasteiger partial charge >= 0.3 is 0 Å². The molecule has 0 aliphatic carbocycles. The summed E-state index contributed by atoms with van der Waals surface area (Å²) in [5, 5.41) is 19.4. The predicted octanol–water partition coefficient (Wildman–Crippen LogP) is 5.69. The fraction of sp³-hybridized carbons (Fsp3) is 0.130. The molecule has 4 nitrogen and oxygen atoms in total. The first-order valence-electron chi connectivity index (χ1n) is 8.63. The molecule has 0 unspecified atom stereocenters. The average Bonchev–Trinajstić information content (AvgIpc) is 2.98. The van der Waals surface area contributed by atoms with Gasteiger partial charge in [-0.2, -0.15) is 10.5 Å². The second kappa shape index (κ2) is 8.05. The van der Waals surface area contributed by atoms with Crippen molar-refractivity contribution in [3.8, 4) is 23.6 Å². The van der Waals surface area contributed by atoms with E-state index in [2.05, 4.69) is 16.7 Å². The normalized spacial score (nSPS) is 11.0. The number of nitriles is 2. The van der Waals surface area contributed by atoms with Crippen molar-refractivity contribution in [3.63, 3.8) is 0 Å². The molecule has 2 aromatic carbocycles. The third-order valence-corrected chi connectivity index (χ3v) is 4.81. The van der Waals surface area contributed by atoms with E-state index in [0.29, 0.717) is 27.5 Å². The van der Waals surface area contributed by atoms with Crippen LogP contribution in [0, 0.1) is 36.5 Å². The minimum atomic E-state index is 0.496. The summed E-state index contributed by atoms with van der Waals surface area (Å²) in [6.07, 6.45) is 1.84. The molecular formula is C23H18ClN3O. The van der Waals surface area contributed by atoms with E-state index < -0.39 is 0 Å². The van der Waals surface area contributed by atoms with Gasteiger partial charge in [0, 0.05) is 16.4 Å². The number of aromatic nitrogens is 1. The molecule has 0 atom stereocenters. The molecule has 0 saturated heterocycles. The first-order valence-corrected chi connectivity index (χ1v) is 9.01. The lowest BCUT2D eigenvalue weighted by Crippen LogP contribution is -2.02. The molecule has 5 heteroatoms. The van der Waals surface area contributed by atoms with Gasteiger partial charge in [0.25, 0.3) is 0 Å². The maximum Gasteiger partial charge on any atom is 0.142 e. The van der Waals surface area contributed by atoms with Crippen molar-refractivity contribution in [2.24, 2.45) is 0 Å². The minimum absolute atomic E-state index is 0.496. The maximum atomic E-state index is 9.66. The van der Waals surface area contributed by atoms with Crippen molar-refractivity contribution in [1.29, 1.82) is 10.5 Å². The highest BCUT2D eigenvalue weighted by Gasteiger charge is 2.15. The summed E-state index contributed by atoms with van der Waals surface area (Å²) < 4.78 is 7.55. The highest BCUT2D eigenvalue weighted by atomic mass is 35.5. The molecule has 0 N–H and O–H groups in total. The second-order valence-corrected chi connectivity index (χ2v) is 6.78. The third kappa shape index (κ3) is 3.64. The van der Waals surface area contributed by atoms with Crippen LogP contribution >= 0.6 is 11.6 Å². The Labute approximate surface area is 169 Å². The summed E-state index contributed by atoms with van der Waals surface area (Å²) >= 11 is 6.20. The Morgan fingerprint density at radius 2 is 1.89 bits per heavy atom. The monoisotopic (exact) mass is 387 g/mol. The van der Waals surface area contributed by atoms with Crippen molar-refractivity contribution >= 4 is 23.3 Å². The summed E-state index contributed by atoms with van der Waals surface area (Å²) in [4.78, 5) is 0. The van der Waals surface area contributed by atoms with Gasteiger partial charge in [0.15, 0.2) is 0 Å². The molecule has 0 aliphatic rings. The molecule has 0 amide bonds. The van der Waals surface area contributed by atoms with Gasteiger partial charge in [0.05, 0.1) is 36.1 Å². The van der Waals surface area contributed by atoms with E-state index >= 15 is 0 Å². The third-order valence-electron chi connectivity index (χ3n) is 4.58. The Morgan fingerprint density at radius 1 is 1.11 bits per heavy atom. The zero-order chi connectivity index (χ0) is 20.3. The highest BCUT2D eigenvalue weighted by molar-refractivity contribution is 6.30. The van der Waals surface area contributed by atoms with Crippen molar-refractivity contribution in [3.05, 3.63) is 81.6 Å². The standard InChI is InChI=1S/C23H18ClN3O/c1-15-9-19(11-20(14-26)18-6-4-5-17(10-18)13-25)16(2)27(15)22-12-21(24)7-8-23(22)28-3/h4-12H,1-3H3/b20-11-. The molecule has 1 aromatic heterocycles. The summed E-state index contributed by atoms with van der Waals surface area (Å²) in [6.45, 7) is 3.98. The average molecular weight is 388 g/mol. The molecule has 0 saturated carbocycles. The molecule has 0 aliphatic heterocycles. The van der Waals surface area contributed by atoms with Crippen molar-refractivity contribution in [1.82, 2.24) is 4.57 Å². The van der Waals surface area contributed by atoms with Crippen LogP contribution in [0.5, 0.6) is 5.75 Å². The van der Waals surface area contributed by atoms with Crippen molar-refractivity contribution in [2.75, 3.05) is 7.11 Å². The van der Waals surface area contributed by atoms with E-state index in [1.54, 1.807) is 31.4 Å². The SMILES string of the molecule is COc1ccc(Cl)cc1-n1c(C)cc(/C=C(/C#N)c2cccc(C#N)c2)c1C. The highest BCUT2D eigenvalue weighted by Crippen LogP contribution is 2.32. The fourth-order valence-corrected chi connectivity index (χ4v) is 3.40. The second-order valence-electron chi connectivity index (χ2n) is 6.34. The van der Waals surface area contributed by atoms with Crippen LogP contribution in [0.25, 0.3) is 17.3 Å². The topological polar surface area (TPSA) is 61.7 Å². The van der Waals surface area contributed by atoms with Crippen LogP contribution in [-0.4, -0.2) is 11.7 Å². The zero-order valence-electron chi connectivity index (χ0n) is 15.8. The number of benzene rings is 2. The van der Waals surface area contributed by atoms with Gasteiger partial charge < -0.3 is 9.30 Å². The number of nitrogens with zero attached hydrogens (tertiary/aromatic N) is 3. The van der Waals surface area contributed by atoms with Crippen LogP contribution in [0.3, 0.4) is 0 Å². The summed E-state index contributed by atoms with van der Waals surface area (Å²) in [6, 6.07) is 18.9. The molecule has 0 bridgehead atoms. The van der Waals surface area contributed by atoms with Crippen molar-refractivity contribution < 1.29 is 4.74 Å². The molecule has 3 aromatic rings. The predicted molar refractivity (Wildman–Crippen MR) is 111 cm³/mol. The number of halogens is 1. The molecule has 0 fully saturated rings. The van der Waals surface area contributed by atoms with Crippen LogP contribution in [0.2, 0.25) is 5.02 Å². The summed E-state index contributed by atoms with van der Waals surface area (Å²) in [5.41, 5.74) is 5.44. The lowest BCUT2D eigenvalue weighted by Gasteiger charge is -2.14. The Balaban J connectivity index is 2.14. The first-order chi connectivity index (χ1) is 13.5. The quantitative estimate of drug-likeness (QED) is 0.540. The largest absolute Gasteiger partial charge is 0.495 e. The van der Waals surface area contributed by atoms with Crippen LogP contribution in [0.1, 0.15) is 28.1 Å². The molecule has 3 rings (SSSR count). The Kier molecular flexibility index (Phi) is 5.54. The Hall–Kier alpha value is -3.47. The summed E-state index contributed by atoms with van der Waals surface area (Å²) in [7, 11) is 1.62. The van der Waals surface area contributed by atoms with E-state index in [-0.39, 0.29) is 0 Å². The molecule has 0 radical (unpaired) electrons. The van der Waals surface area contributed by atoms with Gasteiger partial charge in [-0.3, -0.25) is 0 Å². The smallest absolute Gasteiger partial charge is 0.142 e. The number of rotatable bonds is 4. The van der Waals surface area contributed by atoms with Gasteiger partial charge in [-0.05, 0) is 67.4 Å². The number of aryl methyl sites for hydroxylation is 1. The number of hydrogen-bond acceptors (Lipinski definition) is 3. The molecule has 1 heterocycles. The van der Waals surface area contributed by atoms with Gasteiger partial charge in [-0.25, -0.2) is 0 Å². The lowest BCUT2D eigenvalue weighted by atomic mass is 10.0. The summed E-state index contributed by atoms with van der Waals surface area (Å²) in [5.74, 6) is 0.712. The van der Waals surface area contributed by atoms with Gasteiger partial charge in [0.1, 0.15) is 5.75 Å². The van der Waals surface area contributed by atoms with Crippen LogP contribution in [0.4, 0.5) is 0 Å². The maximum absolute atomic E-state index is 9.66.